The third-order valence-electron chi connectivity index (χ3n) is 2.89. The Hall–Kier alpha value is -1.84. The van der Waals surface area contributed by atoms with Crippen LogP contribution in [-0.2, 0) is 19.4 Å². The Labute approximate surface area is 115 Å². The Morgan fingerprint density at radius 2 is 2.00 bits per heavy atom. The molecular weight excluding hydrogens is 290 g/mol. The predicted octanol–water partition coefficient (Wildman–Crippen LogP) is -1.95. The Bertz CT molecular complexity index is 503. The highest BCUT2D eigenvalue weighted by molar-refractivity contribution is 7.91. The summed E-state index contributed by atoms with van der Waals surface area (Å²) in [5.41, 5.74) is 4.87. The van der Waals surface area contributed by atoms with E-state index in [4.69, 9.17) is 10.8 Å². The quantitative estimate of drug-likeness (QED) is 0.447. The van der Waals surface area contributed by atoms with E-state index in [1.807, 2.05) is 0 Å². The number of hydrogen-bond donors (Lipinski definition) is 4. The molecule has 1 saturated heterocycles. The second kappa shape index (κ2) is 6.55. The average Bonchev–Trinajstić information content (AvgIpc) is 2.65. The van der Waals surface area contributed by atoms with Crippen molar-refractivity contribution in [2.24, 2.45) is 11.7 Å². The van der Waals surface area contributed by atoms with E-state index in [1.165, 1.54) is 0 Å². The highest BCUT2D eigenvalue weighted by atomic mass is 32.2. The van der Waals surface area contributed by atoms with Crippen molar-refractivity contribution < 1.29 is 27.9 Å². The van der Waals surface area contributed by atoms with E-state index in [0.717, 1.165) is 0 Å². The molecule has 0 aromatic carbocycles. The number of hydrogen-bond acceptors (Lipinski definition) is 5. The van der Waals surface area contributed by atoms with Crippen LogP contribution in [-0.4, -0.2) is 55.5 Å². The second-order valence-electron chi connectivity index (χ2n) is 4.68. The fraction of sp³-hybridized carbons (Fsp3) is 0.700. The molecule has 0 aromatic heterocycles. The van der Waals surface area contributed by atoms with Gasteiger partial charge < -0.3 is 21.5 Å². The first-order valence-corrected chi connectivity index (χ1v) is 7.77. The van der Waals surface area contributed by atoms with E-state index in [2.05, 4.69) is 10.6 Å². The van der Waals surface area contributed by atoms with Gasteiger partial charge in [0.05, 0.1) is 17.9 Å². The Balaban J connectivity index is 2.39. The van der Waals surface area contributed by atoms with Gasteiger partial charge in [0.1, 0.15) is 6.04 Å². The van der Waals surface area contributed by atoms with E-state index in [-0.39, 0.29) is 24.0 Å². The summed E-state index contributed by atoms with van der Waals surface area (Å²) < 4.78 is 22.4. The van der Waals surface area contributed by atoms with Crippen molar-refractivity contribution in [2.75, 3.05) is 18.1 Å². The van der Waals surface area contributed by atoms with Crippen molar-refractivity contribution in [3.63, 3.8) is 0 Å². The maximum absolute atomic E-state index is 11.5. The van der Waals surface area contributed by atoms with E-state index in [9.17, 15) is 22.8 Å². The van der Waals surface area contributed by atoms with E-state index < -0.39 is 40.2 Å². The van der Waals surface area contributed by atoms with Gasteiger partial charge in [-0.1, -0.05) is 0 Å². The smallest absolute Gasteiger partial charge is 0.326 e. The number of carbonyl (C=O) groups is 3. The molecule has 1 unspecified atom stereocenters. The molecule has 10 heteroatoms. The number of carboxylic acids is 1. The first-order chi connectivity index (χ1) is 9.19. The molecule has 1 aliphatic rings. The van der Waals surface area contributed by atoms with Crippen molar-refractivity contribution in [1.82, 2.24) is 10.6 Å². The molecule has 1 fully saturated rings. The van der Waals surface area contributed by atoms with Crippen LogP contribution < -0.4 is 16.4 Å². The molecule has 1 rings (SSSR count). The number of nitrogens with one attached hydrogen (secondary N) is 2. The van der Waals surface area contributed by atoms with E-state index in [0.29, 0.717) is 6.42 Å². The van der Waals surface area contributed by atoms with Gasteiger partial charge >= 0.3 is 12.0 Å². The minimum absolute atomic E-state index is 0.0108. The van der Waals surface area contributed by atoms with Crippen LogP contribution in [0, 0.1) is 5.92 Å². The number of primary amides is 1. The number of rotatable bonds is 6. The standard InChI is InChI=1S/C10H17N3O6S/c11-8(14)3-7(9(15)16)13-10(17)12-4-6-1-2-20(18,19)5-6/h6-7H,1-5H2,(H2,11,14)(H,15,16)(H2,12,13,17)/t6?,7-/m0/s1. The lowest BCUT2D eigenvalue weighted by Crippen LogP contribution is -2.48. The van der Waals surface area contributed by atoms with Gasteiger partial charge in [-0.15, -0.1) is 0 Å². The molecule has 114 valence electrons. The molecule has 0 radical (unpaired) electrons. The number of carboxylic acid groups (broad SMARTS) is 1. The maximum atomic E-state index is 11.5. The topological polar surface area (TPSA) is 156 Å². The molecule has 9 nitrogen and oxygen atoms in total. The molecule has 0 aliphatic carbocycles. The zero-order valence-corrected chi connectivity index (χ0v) is 11.5. The Morgan fingerprint density at radius 1 is 1.35 bits per heavy atom. The van der Waals surface area contributed by atoms with Crippen molar-refractivity contribution >= 4 is 27.7 Å². The predicted molar refractivity (Wildman–Crippen MR) is 68.5 cm³/mol. The van der Waals surface area contributed by atoms with Crippen LogP contribution in [0.1, 0.15) is 12.8 Å². The zero-order valence-electron chi connectivity index (χ0n) is 10.7. The van der Waals surface area contributed by atoms with Crippen LogP contribution in [0.15, 0.2) is 0 Å². The molecule has 20 heavy (non-hydrogen) atoms. The fourth-order valence-electron chi connectivity index (χ4n) is 1.88. The number of sulfone groups is 1. The fourth-order valence-corrected chi connectivity index (χ4v) is 3.74. The summed E-state index contributed by atoms with van der Waals surface area (Å²) in [7, 11) is -3.02. The van der Waals surface area contributed by atoms with Crippen LogP contribution >= 0.6 is 0 Å². The molecule has 0 bridgehead atoms. The number of amides is 3. The van der Waals surface area contributed by atoms with Crippen molar-refractivity contribution in [2.45, 2.75) is 18.9 Å². The van der Waals surface area contributed by atoms with Crippen LogP contribution in [0.3, 0.4) is 0 Å². The normalized spacial score (nSPS) is 21.9. The van der Waals surface area contributed by atoms with Crippen LogP contribution in [0.4, 0.5) is 4.79 Å². The van der Waals surface area contributed by atoms with Gasteiger partial charge in [-0.3, -0.25) is 4.79 Å². The van der Waals surface area contributed by atoms with Crippen LogP contribution in [0.2, 0.25) is 0 Å². The summed E-state index contributed by atoms with van der Waals surface area (Å²) in [4.78, 5) is 32.9. The van der Waals surface area contributed by atoms with Gasteiger partial charge in [0, 0.05) is 6.54 Å². The van der Waals surface area contributed by atoms with Gasteiger partial charge in [0.15, 0.2) is 9.84 Å². The second-order valence-corrected chi connectivity index (χ2v) is 6.91. The minimum atomic E-state index is -3.02. The highest BCUT2D eigenvalue weighted by Crippen LogP contribution is 2.17. The third-order valence-corrected chi connectivity index (χ3v) is 4.72. The third kappa shape index (κ3) is 5.43. The monoisotopic (exact) mass is 307 g/mol. The molecule has 2 atom stereocenters. The summed E-state index contributed by atoms with van der Waals surface area (Å²) in [5, 5.41) is 13.3. The number of urea groups is 1. The Kier molecular flexibility index (Phi) is 5.31. The van der Waals surface area contributed by atoms with Gasteiger partial charge in [0.2, 0.25) is 5.91 Å². The maximum Gasteiger partial charge on any atom is 0.326 e. The van der Waals surface area contributed by atoms with Gasteiger partial charge in [-0.05, 0) is 12.3 Å². The molecule has 1 aliphatic heterocycles. The lowest BCUT2D eigenvalue weighted by Gasteiger charge is -2.15. The largest absolute Gasteiger partial charge is 0.480 e. The molecule has 0 saturated carbocycles. The first kappa shape index (κ1) is 16.2. The molecular formula is C10H17N3O6S. The van der Waals surface area contributed by atoms with Crippen molar-refractivity contribution in [1.29, 1.82) is 0 Å². The summed E-state index contributed by atoms with van der Waals surface area (Å²) in [6.07, 6.45) is -0.0488. The van der Waals surface area contributed by atoms with Gasteiger partial charge in [-0.25, -0.2) is 18.0 Å². The van der Waals surface area contributed by atoms with Crippen molar-refractivity contribution in [3.8, 4) is 0 Å². The highest BCUT2D eigenvalue weighted by Gasteiger charge is 2.28. The van der Waals surface area contributed by atoms with Gasteiger partial charge in [0.25, 0.3) is 0 Å². The molecule has 5 N–H and O–H groups in total. The molecule has 3 amide bonds. The lowest BCUT2D eigenvalue weighted by atomic mass is 10.1. The molecule has 0 aromatic rings. The summed E-state index contributed by atoms with van der Waals surface area (Å²) in [6, 6.07) is -2.18. The molecule has 1 heterocycles. The van der Waals surface area contributed by atoms with Crippen LogP contribution in [0.25, 0.3) is 0 Å². The zero-order chi connectivity index (χ0) is 15.3. The van der Waals surface area contributed by atoms with E-state index >= 15 is 0 Å². The summed E-state index contributed by atoms with van der Waals surface area (Å²) in [5.74, 6) is -2.29. The SMILES string of the molecule is NC(=O)C[C@H](NC(=O)NCC1CCS(=O)(=O)C1)C(=O)O. The number of carbonyl (C=O) groups excluding carboxylic acids is 2. The first-order valence-electron chi connectivity index (χ1n) is 5.95. The number of aliphatic carboxylic acids is 1. The minimum Gasteiger partial charge on any atom is -0.480 e. The van der Waals surface area contributed by atoms with E-state index in [1.54, 1.807) is 0 Å². The molecule has 0 spiro atoms. The van der Waals surface area contributed by atoms with Gasteiger partial charge in [-0.2, -0.15) is 0 Å². The Morgan fingerprint density at radius 3 is 2.45 bits per heavy atom. The van der Waals surface area contributed by atoms with Crippen LogP contribution in [0.5, 0.6) is 0 Å². The lowest BCUT2D eigenvalue weighted by molar-refractivity contribution is -0.140. The average molecular weight is 307 g/mol. The summed E-state index contributed by atoms with van der Waals surface area (Å²) in [6.45, 7) is 0.133. The summed E-state index contributed by atoms with van der Waals surface area (Å²) >= 11 is 0. The van der Waals surface area contributed by atoms with Crippen molar-refractivity contribution in [3.05, 3.63) is 0 Å². The number of nitrogens with two attached hydrogens (primary N) is 1.